The highest BCUT2D eigenvalue weighted by Crippen LogP contribution is 2.19. The molecule has 0 spiro atoms. The van der Waals surface area contributed by atoms with Crippen LogP contribution in [0.1, 0.15) is 36.9 Å². The van der Waals surface area contributed by atoms with Crippen LogP contribution in [-0.4, -0.2) is 27.2 Å². The number of sulfonamides is 1. The number of ether oxygens (including phenoxy) is 1. The zero-order valence-electron chi connectivity index (χ0n) is 12.0. The first kappa shape index (κ1) is 16.7. The van der Waals surface area contributed by atoms with E-state index >= 15 is 0 Å². The normalized spacial score (nSPS) is 12.9. The smallest absolute Gasteiger partial charge is 0.307 e. The molecule has 0 bridgehead atoms. The van der Waals surface area contributed by atoms with Gasteiger partial charge in [0.15, 0.2) is 0 Å². The molecule has 0 saturated heterocycles. The molecule has 6 heteroatoms. The van der Waals surface area contributed by atoms with Gasteiger partial charge in [0.2, 0.25) is 10.0 Å². The van der Waals surface area contributed by atoms with Crippen molar-refractivity contribution in [2.75, 3.05) is 12.9 Å². The van der Waals surface area contributed by atoms with Gasteiger partial charge in [-0.05, 0) is 18.9 Å². The Bertz CT molecular complexity index is 537. The lowest BCUT2D eigenvalue weighted by Crippen LogP contribution is -2.32. The summed E-state index contributed by atoms with van der Waals surface area (Å²) >= 11 is 0. The number of nitrogens with one attached hydrogen (secondary N) is 1. The van der Waals surface area contributed by atoms with Gasteiger partial charge in [-0.25, -0.2) is 13.1 Å². The van der Waals surface area contributed by atoms with Crippen molar-refractivity contribution in [3.8, 4) is 0 Å². The Labute approximate surface area is 120 Å². The largest absolute Gasteiger partial charge is 0.469 e. The van der Waals surface area contributed by atoms with Gasteiger partial charge in [0, 0.05) is 0 Å². The number of hydrogen-bond donors (Lipinski definition) is 1. The summed E-state index contributed by atoms with van der Waals surface area (Å²) in [4.78, 5) is 11.4. The van der Waals surface area contributed by atoms with Crippen molar-refractivity contribution < 1.29 is 17.9 Å². The van der Waals surface area contributed by atoms with E-state index in [-0.39, 0.29) is 12.2 Å². The highest BCUT2D eigenvalue weighted by Gasteiger charge is 2.22. The number of benzene rings is 1. The molecule has 1 unspecified atom stereocenters. The highest BCUT2D eigenvalue weighted by molar-refractivity contribution is 7.89. The molecule has 0 aliphatic carbocycles. The van der Waals surface area contributed by atoms with Gasteiger partial charge >= 0.3 is 5.97 Å². The second-order valence-corrected chi connectivity index (χ2v) is 6.55. The Hall–Kier alpha value is -1.40. The maximum absolute atomic E-state index is 11.9. The van der Waals surface area contributed by atoms with Crippen molar-refractivity contribution >= 4 is 16.0 Å². The second kappa shape index (κ2) is 7.40. The van der Waals surface area contributed by atoms with E-state index < -0.39 is 22.0 Å². The van der Waals surface area contributed by atoms with E-state index in [1.807, 2.05) is 31.2 Å². The summed E-state index contributed by atoms with van der Waals surface area (Å²) in [7, 11) is -2.11. The molecular formula is C14H21NO4S. The number of carbonyl (C=O) groups is 1. The van der Waals surface area contributed by atoms with Crippen LogP contribution >= 0.6 is 0 Å². The molecule has 0 fully saturated rings. The van der Waals surface area contributed by atoms with Crippen LogP contribution in [0.2, 0.25) is 0 Å². The topological polar surface area (TPSA) is 72.5 Å². The fraction of sp³-hybridized carbons (Fsp3) is 0.500. The van der Waals surface area contributed by atoms with Gasteiger partial charge in [-0.3, -0.25) is 4.79 Å². The molecule has 20 heavy (non-hydrogen) atoms. The minimum absolute atomic E-state index is 0.0253. The molecular weight excluding hydrogens is 278 g/mol. The van der Waals surface area contributed by atoms with Gasteiger partial charge in [0.25, 0.3) is 0 Å². The Kier molecular flexibility index (Phi) is 6.16. The average molecular weight is 299 g/mol. The molecule has 1 aromatic carbocycles. The molecule has 0 aliphatic heterocycles. The molecule has 1 rings (SSSR count). The summed E-state index contributed by atoms with van der Waals surface area (Å²) in [5, 5.41) is 0. The first-order valence-corrected chi connectivity index (χ1v) is 8.16. The van der Waals surface area contributed by atoms with Crippen LogP contribution in [0.3, 0.4) is 0 Å². The fourth-order valence-electron chi connectivity index (χ4n) is 1.82. The quantitative estimate of drug-likeness (QED) is 0.781. The monoisotopic (exact) mass is 299 g/mol. The van der Waals surface area contributed by atoms with Gasteiger partial charge < -0.3 is 4.74 Å². The summed E-state index contributed by atoms with van der Waals surface area (Å²) < 4.78 is 31.0. The standard InChI is InChI=1S/C14H21NO4S/c1-4-9-20(17,18)15-13(10-14(16)19-3)12-7-5-11(2)6-8-12/h5-8,13,15H,4,9-10H2,1-3H3. The zero-order valence-corrected chi connectivity index (χ0v) is 12.9. The molecule has 1 aromatic rings. The first-order chi connectivity index (χ1) is 9.38. The van der Waals surface area contributed by atoms with Crippen molar-refractivity contribution in [3.63, 3.8) is 0 Å². The van der Waals surface area contributed by atoms with Crippen molar-refractivity contribution in [3.05, 3.63) is 35.4 Å². The molecule has 1 N–H and O–H groups in total. The zero-order chi connectivity index (χ0) is 15.2. The molecule has 0 aliphatic rings. The molecule has 5 nitrogen and oxygen atoms in total. The molecule has 0 saturated carbocycles. The summed E-state index contributed by atoms with van der Waals surface area (Å²) in [6.07, 6.45) is 0.497. The van der Waals surface area contributed by atoms with Crippen LogP contribution in [0, 0.1) is 6.92 Å². The third kappa shape index (κ3) is 5.30. The number of aryl methyl sites for hydroxylation is 1. The van der Waals surface area contributed by atoms with E-state index in [1.54, 1.807) is 6.92 Å². The van der Waals surface area contributed by atoms with E-state index in [2.05, 4.69) is 9.46 Å². The van der Waals surface area contributed by atoms with Crippen molar-refractivity contribution in [1.82, 2.24) is 4.72 Å². The SMILES string of the molecule is CCCS(=O)(=O)NC(CC(=O)OC)c1ccc(C)cc1. The summed E-state index contributed by atoms with van der Waals surface area (Å²) in [5.74, 6) is -0.411. The van der Waals surface area contributed by atoms with E-state index in [1.165, 1.54) is 7.11 Å². The first-order valence-electron chi connectivity index (χ1n) is 6.51. The van der Waals surface area contributed by atoms with Crippen LogP contribution in [0.5, 0.6) is 0 Å². The number of hydrogen-bond acceptors (Lipinski definition) is 4. The van der Waals surface area contributed by atoms with Gasteiger partial charge in [-0.2, -0.15) is 0 Å². The maximum atomic E-state index is 11.9. The molecule has 0 heterocycles. The average Bonchev–Trinajstić information content (AvgIpc) is 2.38. The molecule has 0 aromatic heterocycles. The Balaban J connectivity index is 2.96. The lowest BCUT2D eigenvalue weighted by molar-refractivity contribution is -0.141. The highest BCUT2D eigenvalue weighted by atomic mass is 32.2. The number of methoxy groups -OCH3 is 1. The number of carbonyl (C=O) groups excluding carboxylic acids is 1. The van der Waals surface area contributed by atoms with E-state index in [0.717, 1.165) is 11.1 Å². The molecule has 112 valence electrons. The predicted molar refractivity (Wildman–Crippen MR) is 77.8 cm³/mol. The van der Waals surface area contributed by atoms with Gasteiger partial charge in [0.1, 0.15) is 0 Å². The Morgan fingerprint density at radius 2 is 1.90 bits per heavy atom. The molecule has 0 amide bonds. The molecule has 0 radical (unpaired) electrons. The third-order valence-electron chi connectivity index (χ3n) is 2.87. The van der Waals surface area contributed by atoms with E-state index in [9.17, 15) is 13.2 Å². The Morgan fingerprint density at radius 1 is 1.30 bits per heavy atom. The lowest BCUT2D eigenvalue weighted by atomic mass is 10.0. The van der Waals surface area contributed by atoms with Crippen LogP contribution < -0.4 is 4.72 Å². The number of esters is 1. The summed E-state index contributed by atoms with van der Waals surface area (Å²) in [5.41, 5.74) is 1.82. The Morgan fingerprint density at radius 3 is 2.40 bits per heavy atom. The fourth-order valence-corrected chi connectivity index (χ4v) is 3.13. The minimum atomic E-state index is -3.40. The van der Waals surface area contributed by atoms with Gasteiger partial charge in [-0.15, -0.1) is 0 Å². The van der Waals surface area contributed by atoms with Crippen LogP contribution in [0.25, 0.3) is 0 Å². The van der Waals surface area contributed by atoms with Crippen LogP contribution in [0.4, 0.5) is 0 Å². The van der Waals surface area contributed by atoms with Gasteiger partial charge in [0.05, 0.1) is 25.3 Å². The van der Waals surface area contributed by atoms with Crippen molar-refractivity contribution in [1.29, 1.82) is 0 Å². The summed E-state index contributed by atoms with van der Waals surface area (Å²) in [6, 6.07) is 6.80. The predicted octanol–water partition coefficient (Wildman–Crippen LogP) is 1.93. The third-order valence-corrected chi connectivity index (χ3v) is 4.46. The molecule has 1 atom stereocenters. The van der Waals surface area contributed by atoms with Crippen LogP contribution in [0.15, 0.2) is 24.3 Å². The van der Waals surface area contributed by atoms with E-state index in [4.69, 9.17) is 0 Å². The lowest BCUT2D eigenvalue weighted by Gasteiger charge is -2.18. The summed E-state index contributed by atoms with van der Waals surface area (Å²) in [6.45, 7) is 3.74. The minimum Gasteiger partial charge on any atom is -0.469 e. The van der Waals surface area contributed by atoms with Crippen molar-refractivity contribution in [2.24, 2.45) is 0 Å². The van der Waals surface area contributed by atoms with Crippen LogP contribution in [-0.2, 0) is 19.6 Å². The van der Waals surface area contributed by atoms with Gasteiger partial charge in [-0.1, -0.05) is 36.8 Å². The second-order valence-electron chi connectivity index (χ2n) is 4.68. The number of rotatable bonds is 7. The van der Waals surface area contributed by atoms with E-state index in [0.29, 0.717) is 6.42 Å². The maximum Gasteiger partial charge on any atom is 0.307 e. The van der Waals surface area contributed by atoms with Crippen molar-refractivity contribution in [2.45, 2.75) is 32.7 Å².